The van der Waals surface area contributed by atoms with E-state index in [2.05, 4.69) is 9.97 Å². The minimum Gasteiger partial charge on any atom is -0.461 e. The number of nitrogens with zero attached hydrogens (tertiary/aromatic N) is 2. The molecule has 1 aromatic heterocycles. The summed E-state index contributed by atoms with van der Waals surface area (Å²) in [5.74, 6) is -0.154. The third-order valence-electron chi connectivity index (χ3n) is 2.12. The second-order valence-electron chi connectivity index (χ2n) is 4.03. The molecule has 2 N–H and O–H groups in total. The van der Waals surface area contributed by atoms with Gasteiger partial charge >= 0.3 is 6.01 Å². The second-order valence-corrected chi connectivity index (χ2v) is 4.03. The van der Waals surface area contributed by atoms with E-state index < -0.39 is 5.79 Å². The molecule has 0 bridgehead atoms. The van der Waals surface area contributed by atoms with Crippen LogP contribution in [0.25, 0.3) is 0 Å². The largest absolute Gasteiger partial charge is 0.461 e. The van der Waals surface area contributed by atoms with Gasteiger partial charge in [0.2, 0.25) is 0 Å². The lowest BCUT2D eigenvalue weighted by Crippen LogP contribution is -2.25. The third kappa shape index (κ3) is 2.80. The minimum atomic E-state index is -0.537. The highest BCUT2D eigenvalue weighted by Gasteiger charge is 2.33. The van der Waals surface area contributed by atoms with Crippen LogP contribution in [0.2, 0.25) is 0 Å². The Kier molecular flexibility index (Phi) is 2.93. The molecule has 16 heavy (non-hydrogen) atoms. The van der Waals surface area contributed by atoms with Gasteiger partial charge in [0.25, 0.3) is 0 Å². The molecular formula is C10H15N3O3. The summed E-state index contributed by atoms with van der Waals surface area (Å²) in [7, 11) is 0. The molecule has 1 saturated heterocycles. The van der Waals surface area contributed by atoms with Crippen molar-refractivity contribution in [3.63, 3.8) is 0 Å². The number of hydrogen-bond acceptors (Lipinski definition) is 6. The molecule has 0 radical (unpaired) electrons. The second kappa shape index (κ2) is 4.23. The fourth-order valence-corrected chi connectivity index (χ4v) is 1.44. The smallest absolute Gasteiger partial charge is 0.318 e. The number of ether oxygens (including phenoxy) is 3. The Hall–Kier alpha value is -1.40. The maximum atomic E-state index is 5.57. The number of aromatic nitrogens is 2. The highest BCUT2D eigenvalue weighted by atomic mass is 16.7. The first kappa shape index (κ1) is 11.1. The van der Waals surface area contributed by atoms with E-state index in [9.17, 15) is 0 Å². The molecule has 0 spiro atoms. The Morgan fingerprint density at radius 2 is 2.44 bits per heavy atom. The molecule has 1 aromatic rings. The highest BCUT2D eigenvalue weighted by Crippen LogP contribution is 2.22. The van der Waals surface area contributed by atoms with E-state index in [1.807, 2.05) is 13.8 Å². The average molecular weight is 225 g/mol. The van der Waals surface area contributed by atoms with Gasteiger partial charge in [-0.1, -0.05) is 0 Å². The molecule has 0 saturated carbocycles. The molecule has 88 valence electrons. The summed E-state index contributed by atoms with van der Waals surface area (Å²) in [6, 6.07) is 1.86. The lowest BCUT2D eigenvalue weighted by atomic mass is 10.4. The van der Waals surface area contributed by atoms with Crippen molar-refractivity contribution in [2.24, 2.45) is 0 Å². The molecular weight excluding hydrogens is 210 g/mol. The molecule has 0 aliphatic carbocycles. The molecule has 2 rings (SSSR count). The van der Waals surface area contributed by atoms with Crippen molar-refractivity contribution in [3.8, 4) is 6.01 Å². The monoisotopic (exact) mass is 225 g/mol. The third-order valence-corrected chi connectivity index (χ3v) is 2.12. The normalized spacial score (nSPS) is 23.2. The summed E-state index contributed by atoms with van der Waals surface area (Å²) < 4.78 is 16.3. The van der Waals surface area contributed by atoms with Crippen molar-refractivity contribution in [2.45, 2.75) is 25.7 Å². The van der Waals surface area contributed by atoms with Crippen molar-refractivity contribution in [1.29, 1.82) is 0 Å². The molecule has 2 heterocycles. The van der Waals surface area contributed by atoms with E-state index in [1.165, 1.54) is 0 Å². The van der Waals surface area contributed by atoms with Gasteiger partial charge in [-0.25, -0.2) is 4.98 Å². The Bertz CT molecular complexity index is 370. The van der Waals surface area contributed by atoms with Gasteiger partial charge in [-0.2, -0.15) is 4.98 Å². The first-order valence-electron chi connectivity index (χ1n) is 5.08. The van der Waals surface area contributed by atoms with Gasteiger partial charge < -0.3 is 19.9 Å². The van der Waals surface area contributed by atoms with E-state index in [0.29, 0.717) is 19.0 Å². The molecule has 0 aromatic carbocycles. The molecule has 1 atom stereocenters. The topological polar surface area (TPSA) is 79.5 Å². The van der Waals surface area contributed by atoms with Gasteiger partial charge in [-0.3, -0.25) is 0 Å². The van der Waals surface area contributed by atoms with Crippen LogP contribution < -0.4 is 10.5 Å². The van der Waals surface area contributed by atoms with Gasteiger partial charge in [-0.15, -0.1) is 0 Å². The molecule has 1 aliphatic rings. The highest BCUT2D eigenvalue weighted by molar-refractivity contribution is 5.26. The molecule has 6 nitrogen and oxygen atoms in total. The van der Waals surface area contributed by atoms with E-state index in [4.69, 9.17) is 19.9 Å². The van der Waals surface area contributed by atoms with Crippen molar-refractivity contribution < 1.29 is 14.2 Å². The average Bonchev–Trinajstić information content (AvgIpc) is 2.56. The summed E-state index contributed by atoms with van der Waals surface area (Å²) in [6.07, 6.45) is 1.45. The maximum Gasteiger partial charge on any atom is 0.318 e. The lowest BCUT2D eigenvalue weighted by molar-refractivity contribution is -0.141. The fraction of sp³-hybridized carbons (Fsp3) is 0.600. The van der Waals surface area contributed by atoms with Gasteiger partial charge in [0.1, 0.15) is 18.5 Å². The van der Waals surface area contributed by atoms with Gasteiger partial charge in [0.05, 0.1) is 6.61 Å². The first-order chi connectivity index (χ1) is 7.55. The van der Waals surface area contributed by atoms with Crippen molar-refractivity contribution in [3.05, 3.63) is 12.3 Å². The van der Waals surface area contributed by atoms with Crippen LogP contribution in [0.15, 0.2) is 12.3 Å². The van der Waals surface area contributed by atoms with Crippen LogP contribution in [0.4, 0.5) is 5.82 Å². The molecule has 1 aliphatic heterocycles. The van der Waals surface area contributed by atoms with Gasteiger partial charge in [-0.05, 0) is 19.9 Å². The summed E-state index contributed by atoms with van der Waals surface area (Å²) in [5, 5.41) is 0. The van der Waals surface area contributed by atoms with Crippen LogP contribution in [0.5, 0.6) is 6.01 Å². The quantitative estimate of drug-likeness (QED) is 0.811. The Morgan fingerprint density at radius 1 is 1.62 bits per heavy atom. The lowest BCUT2D eigenvalue weighted by Gasteiger charge is -2.16. The minimum absolute atomic E-state index is 0.0972. The van der Waals surface area contributed by atoms with E-state index in [-0.39, 0.29) is 12.1 Å². The van der Waals surface area contributed by atoms with Crippen LogP contribution in [-0.4, -0.2) is 35.1 Å². The fourth-order valence-electron chi connectivity index (χ4n) is 1.44. The standard InChI is InChI=1S/C10H15N3O3/c1-10(2)15-6-7(16-10)5-14-9-12-4-3-8(11)13-9/h3-4,7H,5-6H2,1-2H3,(H2,11,12,13)/t7-/m1/s1. The number of hydrogen-bond donors (Lipinski definition) is 1. The predicted molar refractivity (Wildman–Crippen MR) is 56.8 cm³/mol. The van der Waals surface area contributed by atoms with Crippen LogP contribution in [0.3, 0.4) is 0 Å². The van der Waals surface area contributed by atoms with E-state index in [0.717, 1.165) is 0 Å². The Labute approximate surface area is 93.7 Å². The van der Waals surface area contributed by atoms with Crippen LogP contribution in [0.1, 0.15) is 13.8 Å². The van der Waals surface area contributed by atoms with Crippen molar-refractivity contribution in [2.75, 3.05) is 18.9 Å². The summed E-state index contributed by atoms with van der Waals surface area (Å²) in [4.78, 5) is 7.85. The number of nitrogen functional groups attached to an aromatic ring is 1. The number of rotatable bonds is 3. The predicted octanol–water partition coefficient (Wildman–Crippen LogP) is 0.589. The molecule has 0 amide bonds. The van der Waals surface area contributed by atoms with Crippen molar-refractivity contribution >= 4 is 5.82 Å². The van der Waals surface area contributed by atoms with Crippen LogP contribution >= 0.6 is 0 Å². The number of anilines is 1. The van der Waals surface area contributed by atoms with E-state index >= 15 is 0 Å². The van der Waals surface area contributed by atoms with Crippen molar-refractivity contribution in [1.82, 2.24) is 9.97 Å². The SMILES string of the molecule is CC1(C)OC[C@@H](COc2nccc(N)n2)O1. The Morgan fingerprint density at radius 3 is 3.06 bits per heavy atom. The zero-order valence-corrected chi connectivity index (χ0v) is 9.34. The Balaban J connectivity index is 1.84. The van der Waals surface area contributed by atoms with Crippen LogP contribution in [0, 0.1) is 0 Å². The zero-order chi connectivity index (χ0) is 11.6. The molecule has 6 heteroatoms. The molecule has 0 unspecified atom stereocenters. The molecule has 1 fully saturated rings. The van der Waals surface area contributed by atoms with E-state index in [1.54, 1.807) is 12.3 Å². The first-order valence-corrected chi connectivity index (χ1v) is 5.08. The van der Waals surface area contributed by atoms with Gasteiger partial charge in [0.15, 0.2) is 5.79 Å². The maximum absolute atomic E-state index is 5.57. The van der Waals surface area contributed by atoms with Crippen LogP contribution in [-0.2, 0) is 9.47 Å². The zero-order valence-electron chi connectivity index (χ0n) is 9.34. The number of nitrogens with two attached hydrogens (primary N) is 1. The summed E-state index contributed by atoms with van der Waals surface area (Å²) in [6.45, 7) is 4.59. The van der Waals surface area contributed by atoms with Gasteiger partial charge in [0, 0.05) is 6.20 Å². The summed E-state index contributed by atoms with van der Waals surface area (Å²) in [5.41, 5.74) is 5.50. The summed E-state index contributed by atoms with van der Waals surface area (Å²) >= 11 is 0.